The van der Waals surface area contributed by atoms with E-state index >= 15 is 0 Å². The molecule has 0 radical (unpaired) electrons. The van der Waals surface area contributed by atoms with Gasteiger partial charge in [0.2, 0.25) is 0 Å². The lowest BCUT2D eigenvalue weighted by atomic mass is 10.3. The number of amides is 1. The number of anilines is 1. The van der Waals surface area contributed by atoms with E-state index in [0.29, 0.717) is 0 Å². The molecular formula is C9H11NO4. The van der Waals surface area contributed by atoms with Crippen LogP contribution in [0.5, 0.6) is 11.5 Å². The third kappa shape index (κ3) is 2.55. The quantitative estimate of drug-likeness (QED) is 0.497. The van der Waals surface area contributed by atoms with Gasteiger partial charge in [-0.3, -0.25) is 5.32 Å². The minimum Gasteiger partial charge on any atom is -0.508 e. The van der Waals surface area contributed by atoms with E-state index in [1.54, 1.807) is 6.92 Å². The van der Waals surface area contributed by atoms with Crippen LogP contribution in [0.1, 0.15) is 6.92 Å². The second kappa shape index (κ2) is 4.36. The Hall–Kier alpha value is -1.91. The summed E-state index contributed by atoms with van der Waals surface area (Å²) in [6.45, 7) is 1.91. The lowest BCUT2D eigenvalue weighted by Gasteiger charge is -2.06. The molecule has 0 saturated heterocycles. The topological polar surface area (TPSA) is 78.8 Å². The SMILES string of the molecule is CCOC(=O)Nc1cc(O)ccc1O. The van der Waals surface area contributed by atoms with Gasteiger partial charge in [-0.2, -0.15) is 0 Å². The number of carbonyl (C=O) groups is 1. The summed E-state index contributed by atoms with van der Waals surface area (Å²) in [5.74, 6) is -0.176. The van der Waals surface area contributed by atoms with E-state index < -0.39 is 6.09 Å². The molecule has 1 aromatic rings. The highest BCUT2D eigenvalue weighted by Gasteiger charge is 2.06. The highest BCUT2D eigenvalue weighted by Crippen LogP contribution is 2.27. The van der Waals surface area contributed by atoms with Gasteiger partial charge < -0.3 is 14.9 Å². The number of carbonyl (C=O) groups excluding carboxylic acids is 1. The van der Waals surface area contributed by atoms with Gasteiger partial charge in [0.05, 0.1) is 12.3 Å². The Labute approximate surface area is 80.9 Å². The van der Waals surface area contributed by atoms with Crippen LogP contribution in [0.3, 0.4) is 0 Å². The molecule has 0 unspecified atom stereocenters. The van der Waals surface area contributed by atoms with Crippen molar-refractivity contribution in [3.8, 4) is 11.5 Å². The first kappa shape index (κ1) is 10.2. The first-order valence-electron chi connectivity index (χ1n) is 4.09. The molecule has 0 aliphatic heterocycles. The van der Waals surface area contributed by atoms with Gasteiger partial charge in [-0.25, -0.2) is 4.79 Å². The summed E-state index contributed by atoms with van der Waals surface area (Å²) in [5.41, 5.74) is 0.114. The van der Waals surface area contributed by atoms with Crippen LogP contribution in [0.25, 0.3) is 0 Å². The number of nitrogens with one attached hydrogen (secondary N) is 1. The predicted octanol–water partition coefficient (Wildman–Crippen LogP) is 1.67. The second-order valence-corrected chi connectivity index (χ2v) is 2.55. The van der Waals surface area contributed by atoms with Crippen molar-refractivity contribution < 1.29 is 19.7 Å². The molecule has 0 saturated carbocycles. The van der Waals surface area contributed by atoms with Gasteiger partial charge in [-0.1, -0.05) is 0 Å². The lowest BCUT2D eigenvalue weighted by molar-refractivity contribution is 0.168. The summed E-state index contributed by atoms with van der Waals surface area (Å²) in [7, 11) is 0. The van der Waals surface area contributed by atoms with Gasteiger partial charge >= 0.3 is 6.09 Å². The number of benzene rings is 1. The number of phenols is 2. The van der Waals surface area contributed by atoms with Crippen molar-refractivity contribution in [2.45, 2.75) is 6.92 Å². The number of phenolic OH excluding ortho intramolecular Hbond substituents is 2. The molecular weight excluding hydrogens is 186 g/mol. The van der Waals surface area contributed by atoms with Crippen molar-refractivity contribution >= 4 is 11.8 Å². The Kier molecular flexibility index (Phi) is 3.17. The third-order valence-corrected chi connectivity index (χ3v) is 1.49. The molecule has 0 aliphatic carbocycles. The van der Waals surface area contributed by atoms with Crippen LogP contribution >= 0.6 is 0 Å². The van der Waals surface area contributed by atoms with E-state index in [1.807, 2.05) is 0 Å². The molecule has 0 aliphatic rings. The Morgan fingerprint density at radius 2 is 2.21 bits per heavy atom. The molecule has 1 rings (SSSR count). The molecule has 1 aromatic carbocycles. The summed E-state index contributed by atoms with van der Waals surface area (Å²) in [4.78, 5) is 10.9. The number of rotatable bonds is 2. The monoisotopic (exact) mass is 197 g/mol. The average Bonchev–Trinajstić information content (AvgIpc) is 2.12. The molecule has 76 valence electrons. The van der Waals surface area contributed by atoms with Gasteiger partial charge in [-0.15, -0.1) is 0 Å². The van der Waals surface area contributed by atoms with Crippen LogP contribution in [-0.4, -0.2) is 22.9 Å². The zero-order chi connectivity index (χ0) is 10.6. The van der Waals surface area contributed by atoms with E-state index in [0.717, 1.165) is 0 Å². The smallest absolute Gasteiger partial charge is 0.411 e. The maximum Gasteiger partial charge on any atom is 0.411 e. The molecule has 0 fully saturated rings. The maximum atomic E-state index is 10.9. The minimum absolute atomic E-state index is 0.0467. The van der Waals surface area contributed by atoms with Crippen LogP contribution in [0.4, 0.5) is 10.5 Å². The zero-order valence-electron chi connectivity index (χ0n) is 7.65. The fraction of sp³-hybridized carbons (Fsp3) is 0.222. The fourth-order valence-electron chi connectivity index (χ4n) is 0.901. The lowest BCUT2D eigenvalue weighted by Crippen LogP contribution is -2.13. The van der Waals surface area contributed by atoms with Crippen molar-refractivity contribution in [1.29, 1.82) is 0 Å². The van der Waals surface area contributed by atoms with E-state index in [9.17, 15) is 9.90 Å². The zero-order valence-corrected chi connectivity index (χ0v) is 7.65. The van der Waals surface area contributed by atoms with Crippen LogP contribution in [0.15, 0.2) is 18.2 Å². The summed E-state index contributed by atoms with van der Waals surface area (Å²) in [6.07, 6.45) is -0.673. The first-order chi connectivity index (χ1) is 6.63. The van der Waals surface area contributed by atoms with E-state index in [2.05, 4.69) is 10.1 Å². The largest absolute Gasteiger partial charge is 0.508 e. The van der Waals surface area contributed by atoms with Gasteiger partial charge in [-0.05, 0) is 19.1 Å². The van der Waals surface area contributed by atoms with E-state index in [1.165, 1.54) is 18.2 Å². The van der Waals surface area contributed by atoms with Crippen molar-refractivity contribution in [2.24, 2.45) is 0 Å². The van der Waals surface area contributed by atoms with Gasteiger partial charge in [0.15, 0.2) is 0 Å². The normalized spacial score (nSPS) is 9.50. The van der Waals surface area contributed by atoms with Crippen LogP contribution in [0, 0.1) is 0 Å². The standard InChI is InChI=1S/C9H11NO4/c1-2-14-9(13)10-7-5-6(11)3-4-8(7)12/h3-5,11-12H,2H2,1H3,(H,10,13). The molecule has 0 bridgehead atoms. The van der Waals surface area contributed by atoms with Crippen LogP contribution in [0.2, 0.25) is 0 Å². The number of aromatic hydroxyl groups is 2. The molecule has 0 aromatic heterocycles. The minimum atomic E-state index is -0.673. The fourth-order valence-corrected chi connectivity index (χ4v) is 0.901. The average molecular weight is 197 g/mol. The summed E-state index contributed by atoms with van der Waals surface area (Å²) in [5, 5.41) is 20.6. The van der Waals surface area contributed by atoms with Crippen LogP contribution in [-0.2, 0) is 4.74 Å². The van der Waals surface area contributed by atoms with Crippen molar-refractivity contribution in [1.82, 2.24) is 0 Å². The van der Waals surface area contributed by atoms with Crippen molar-refractivity contribution in [3.63, 3.8) is 0 Å². The summed E-state index contributed by atoms with van der Waals surface area (Å²) in [6, 6.07) is 3.81. The molecule has 3 N–H and O–H groups in total. The number of ether oxygens (including phenoxy) is 1. The summed E-state index contributed by atoms with van der Waals surface area (Å²) >= 11 is 0. The Morgan fingerprint density at radius 3 is 2.86 bits per heavy atom. The summed E-state index contributed by atoms with van der Waals surface area (Å²) < 4.78 is 4.60. The Bertz CT molecular complexity index is 338. The third-order valence-electron chi connectivity index (χ3n) is 1.49. The highest BCUT2D eigenvalue weighted by molar-refractivity contribution is 5.86. The molecule has 0 heterocycles. The Balaban J connectivity index is 2.75. The van der Waals surface area contributed by atoms with Crippen molar-refractivity contribution in [3.05, 3.63) is 18.2 Å². The van der Waals surface area contributed by atoms with E-state index in [4.69, 9.17) is 5.11 Å². The van der Waals surface area contributed by atoms with Gasteiger partial charge in [0.25, 0.3) is 0 Å². The molecule has 14 heavy (non-hydrogen) atoms. The number of hydrogen-bond donors (Lipinski definition) is 3. The van der Waals surface area contributed by atoms with E-state index in [-0.39, 0.29) is 23.8 Å². The predicted molar refractivity (Wildman–Crippen MR) is 50.4 cm³/mol. The number of hydrogen-bond acceptors (Lipinski definition) is 4. The molecule has 1 amide bonds. The molecule has 0 spiro atoms. The highest BCUT2D eigenvalue weighted by atomic mass is 16.5. The second-order valence-electron chi connectivity index (χ2n) is 2.55. The Morgan fingerprint density at radius 1 is 1.50 bits per heavy atom. The van der Waals surface area contributed by atoms with Crippen LogP contribution < -0.4 is 5.32 Å². The molecule has 5 nitrogen and oxygen atoms in total. The van der Waals surface area contributed by atoms with Gasteiger partial charge in [0, 0.05) is 6.07 Å². The van der Waals surface area contributed by atoms with Gasteiger partial charge in [0.1, 0.15) is 11.5 Å². The molecule has 0 atom stereocenters. The molecule has 5 heteroatoms. The first-order valence-corrected chi connectivity index (χ1v) is 4.09. The maximum absolute atomic E-state index is 10.9. The van der Waals surface area contributed by atoms with Crippen molar-refractivity contribution in [2.75, 3.05) is 11.9 Å².